The second-order valence-corrected chi connectivity index (χ2v) is 5.66. The molecule has 1 amide bonds. The molecule has 0 radical (unpaired) electrons. The van der Waals surface area contributed by atoms with E-state index in [2.05, 4.69) is 18.3 Å². The Hall–Kier alpha value is -1.94. The minimum atomic E-state index is 0.0224. The molecule has 1 N–H and O–H groups in total. The van der Waals surface area contributed by atoms with Crippen LogP contribution in [0.2, 0.25) is 0 Å². The van der Waals surface area contributed by atoms with Gasteiger partial charge < -0.3 is 10.1 Å². The normalized spacial score (nSPS) is 10.2. The smallest absolute Gasteiger partial charge is 0.230 e. The van der Waals surface area contributed by atoms with Gasteiger partial charge in [0.15, 0.2) is 0 Å². The molecule has 0 aliphatic heterocycles. The average molecular weight is 301 g/mol. The summed E-state index contributed by atoms with van der Waals surface area (Å²) in [6.07, 6.45) is 0. The molecule has 0 aliphatic rings. The van der Waals surface area contributed by atoms with Crippen LogP contribution in [0.1, 0.15) is 11.1 Å². The number of benzene rings is 2. The molecule has 0 spiro atoms. The van der Waals surface area contributed by atoms with Gasteiger partial charge in [0, 0.05) is 17.0 Å². The number of amides is 1. The Kier molecular flexibility index (Phi) is 5.69. The largest absolute Gasteiger partial charge is 0.496 e. The Morgan fingerprint density at radius 2 is 1.86 bits per heavy atom. The lowest BCUT2D eigenvalue weighted by Gasteiger charge is -2.10. The third kappa shape index (κ3) is 4.53. The van der Waals surface area contributed by atoms with E-state index in [-0.39, 0.29) is 5.91 Å². The minimum Gasteiger partial charge on any atom is -0.496 e. The van der Waals surface area contributed by atoms with Gasteiger partial charge in [0.25, 0.3) is 0 Å². The summed E-state index contributed by atoms with van der Waals surface area (Å²) in [5.41, 5.74) is 2.18. The molecule has 4 heteroatoms. The zero-order valence-electron chi connectivity index (χ0n) is 12.3. The molecule has 0 fully saturated rings. The molecule has 0 bridgehead atoms. The van der Waals surface area contributed by atoms with Crippen LogP contribution in [0.25, 0.3) is 0 Å². The molecule has 0 saturated heterocycles. The second-order valence-electron chi connectivity index (χ2n) is 4.64. The summed E-state index contributed by atoms with van der Waals surface area (Å²) in [6, 6.07) is 15.8. The topological polar surface area (TPSA) is 38.3 Å². The van der Waals surface area contributed by atoms with Crippen molar-refractivity contribution in [1.29, 1.82) is 0 Å². The molecule has 110 valence electrons. The maximum Gasteiger partial charge on any atom is 0.230 e. The zero-order valence-corrected chi connectivity index (χ0v) is 13.1. The molecular weight excluding hydrogens is 282 g/mol. The van der Waals surface area contributed by atoms with Crippen LogP contribution >= 0.6 is 11.8 Å². The van der Waals surface area contributed by atoms with Gasteiger partial charge in [-0.1, -0.05) is 36.4 Å². The third-order valence-corrected chi connectivity index (χ3v) is 4.30. The van der Waals surface area contributed by atoms with Gasteiger partial charge in [-0.2, -0.15) is 0 Å². The monoisotopic (exact) mass is 301 g/mol. The van der Waals surface area contributed by atoms with Crippen molar-refractivity contribution in [2.45, 2.75) is 18.4 Å². The van der Waals surface area contributed by atoms with E-state index in [4.69, 9.17) is 4.74 Å². The maximum absolute atomic E-state index is 11.9. The Balaban J connectivity index is 1.84. The van der Waals surface area contributed by atoms with Crippen LogP contribution < -0.4 is 10.1 Å². The molecule has 0 aromatic heterocycles. The number of carbonyl (C=O) groups is 1. The Bertz CT molecular complexity index is 613. The highest BCUT2D eigenvalue weighted by Crippen LogP contribution is 2.21. The molecule has 3 nitrogen and oxygen atoms in total. The van der Waals surface area contributed by atoms with Crippen LogP contribution in [0.15, 0.2) is 53.4 Å². The van der Waals surface area contributed by atoms with E-state index in [0.29, 0.717) is 12.3 Å². The molecule has 0 unspecified atom stereocenters. The van der Waals surface area contributed by atoms with E-state index in [1.807, 2.05) is 42.5 Å². The molecule has 21 heavy (non-hydrogen) atoms. The van der Waals surface area contributed by atoms with Crippen molar-refractivity contribution in [2.75, 3.05) is 12.9 Å². The Labute approximate surface area is 129 Å². The fraction of sp³-hybridized carbons (Fsp3) is 0.235. The van der Waals surface area contributed by atoms with Gasteiger partial charge >= 0.3 is 0 Å². The quantitative estimate of drug-likeness (QED) is 0.831. The van der Waals surface area contributed by atoms with Gasteiger partial charge in [0.2, 0.25) is 5.91 Å². The van der Waals surface area contributed by atoms with Crippen molar-refractivity contribution in [3.8, 4) is 5.75 Å². The van der Waals surface area contributed by atoms with E-state index in [0.717, 1.165) is 16.2 Å². The number of hydrogen-bond donors (Lipinski definition) is 1. The standard InChI is InChI=1S/C17H19NO2S/c1-13-7-3-6-10-16(13)21-12-17(19)18-11-14-8-4-5-9-15(14)20-2/h3-10H,11-12H2,1-2H3,(H,18,19). The lowest BCUT2D eigenvalue weighted by molar-refractivity contribution is -0.118. The summed E-state index contributed by atoms with van der Waals surface area (Å²) in [5, 5.41) is 2.92. The Morgan fingerprint density at radius 1 is 1.14 bits per heavy atom. The van der Waals surface area contributed by atoms with E-state index in [9.17, 15) is 4.79 Å². The summed E-state index contributed by atoms with van der Waals surface area (Å²) < 4.78 is 5.27. The van der Waals surface area contributed by atoms with Gasteiger partial charge in [0.05, 0.1) is 12.9 Å². The van der Waals surface area contributed by atoms with E-state index >= 15 is 0 Å². The second kappa shape index (κ2) is 7.74. The molecule has 0 atom stereocenters. The lowest BCUT2D eigenvalue weighted by atomic mass is 10.2. The predicted molar refractivity (Wildman–Crippen MR) is 86.7 cm³/mol. The van der Waals surface area contributed by atoms with Crippen molar-refractivity contribution in [2.24, 2.45) is 0 Å². The van der Waals surface area contributed by atoms with Gasteiger partial charge in [-0.15, -0.1) is 11.8 Å². The van der Waals surface area contributed by atoms with E-state index in [1.54, 1.807) is 18.9 Å². The minimum absolute atomic E-state index is 0.0224. The summed E-state index contributed by atoms with van der Waals surface area (Å²) >= 11 is 1.56. The fourth-order valence-corrected chi connectivity index (χ4v) is 2.81. The molecule has 2 rings (SSSR count). The first-order valence-electron chi connectivity index (χ1n) is 6.77. The predicted octanol–water partition coefficient (Wildman–Crippen LogP) is 3.41. The third-order valence-electron chi connectivity index (χ3n) is 3.12. The SMILES string of the molecule is COc1ccccc1CNC(=O)CSc1ccccc1C. The highest BCUT2D eigenvalue weighted by Gasteiger charge is 2.06. The van der Waals surface area contributed by atoms with Crippen molar-refractivity contribution >= 4 is 17.7 Å². The van der Waals surface area contributed by atoms with Crippen LogP contribution in [-0.2, 0) is 11.3 Å². The number of aryl methyl sites for hydroxylation is 1. The first-order chi connectivity index (χ1) is 10.2. The molecule has 2 aromatic rings. The number of hydrogen-bond acceptors (Lipinski definition) is 3. The average Bonchev–Trinajstić information content (AvgIpc) is 2.52. The fourth-order valence-electron chi connectivity index (χ4n) is 1.96. The van der Waals surface area contributed by atoms with Crippen LogP contribution in [0, 0.1) is 6.92 Å². The zero-order chi connectivity index (χ0) is 15.1. The highest BCUT2D eigenvalue weighted by molar-refractivity contribution is 8.00. The van der Waals surface area contributed by atoms with Crippen molar-refractivity contribution in [1.82, 2.24) is 5.32 Å². The van der Waals surface area contributed by atoms with Gasteiger partial charge in [0.1, 0.15) is 5.75 Å². The summed E-state index contributed by atoms with van der Waals surface area (Å²) in [6.45, 7) is 2.53. The number of nitrogens with one attached hydrogen (secondary N) is 1. The van der Waals surface area contributed by atoms with Crippen molar-refractivity contribution in [3.05, 3.63) is 59.7 Å². The molecule has 2 aromatic carbocycles. The molecular formula is C17H19NO2S. The summed E-state index contributed by atoms with van der Waals surface area (Å²) in [5.74, 6) is 1.23. The number of para-hydroxylation sites is 1. The molecule has 0 heterocycles. The number of carbonyl (C=O) groups excluding carboxylic acids is 1. The van der Waals surface area contributed by atoms with Gasteiger partial charge in [-0.25, -0.2) is 0 Å². The first kappa shape index (κ1) is 15.4. The lowest BCUT2D eigenvalue weighted by Crippen LogP contribution is -2.24. The van der Waals surface area contributed by atoms with Crippen LogP contribution in [0.5, 0.6) is 5.75 Å². The number of thioether (sulfide) groups is 1. The molecule has 0 aliphatic carbocycles. The first-order valence-corrected chi connectivity index (χ1v) is 7.76. The highest BCUT2D eigenvalue weighted by atomic mass is 32.2. The number of ether oxygens (including phenoxy) is 1. The van der Waals surface area contributed by atoms with Gasteiger partial charge in [-0.05, 0) is 24.6 Å². The summed E-state index contributed by atoms with van der Waals surface area (Å²) in [4.78, 5) is 13.1. The van der Waals surface area contributed by atoms with Crippen molar-refractivity contribution < 1.29 is 9.53 Å². The molecule has 0 saturated carbocycles. The van der Waals surface area contributed by atoms with Crippen LogP contribution in [0.4, 0.5) is 0 Å². The number of methoxy groups -OCH3 is 1. The number of rotatable bonds is 6. The van der Waals surface area contributed by atoms with Crippen LogP contribution in [0.3, 0.4) is 0 Å². The van der Waals surface area contributed by atoms with E-state index < -0.39 is 0 Å². The summed E-state index contributed by atoms with van der Waals surface area (Å²) in [7, 11) is 1.63. The van der Waals surface area contributed by atoms with Crippen LogP contribution in [-0.4, -0.2) is 18.8 Å². The Morgan fingerprint density at radius 3 is 2.62 bits per heavy atom. The maximum atomic E-state index is 11.9. The van der Waals surface area contributed by atoms with Crippen molar-refractivity contribution in [3.63, 3.8) is 0 Å². The van der Waals surface area contributed by atoms with E-state index in [1.165, 1.54) is 5.56 Å². The van der Waals surface area contributed by atoms with Gasteiger partial charge in [-0.3, -0.25) is 4.79 Å².